The molecule has 0 fully saturated rings. The van der Waals surface area contributed by atoms with Gasteiger partial charge in [0.25, 0.3) is 0 Å². The van der Waals surface area contributed by atoms with Gasteiger partial charge in [-0.25, -0.2) is 0 Å². The number of aliphatic hydroxyl groups excluding tert-OH is 1. The Kier molecular flexibility index (Phi) is 3.79. The molecule has 2 heteroatoms. The standard InChI is InChI=1S/C23H16O2/c24-22(16-6-2-1-3-7-16)15-23(25)20-11-10-19-12-17-8-4-5-9-18(17)13-21(19)14-20/h1-15,25H/b23-15-. The van der Waals surface area contributed by atoms with Crippen molar-refractivity contribution in [2.75, 3.05) is 0 Å². The average Bonchev–Trinajstić information content (AvgIpc) is 2.66. The summed E-state index contributed by atoms with van der Waals surface area (Å²) in [5.74, 6) is -0.236. The number of benzene rings is 4. The van der Waals surface area contributed by atoms with Crippen molar-refractivity contribution in [3.05, 3.63) is 102 Å². The van der Waals surface area contributed by atoms with Gasteiger partial charge in [-0.15, -0.1) is 0 Å². The predicted molar refractivity (Wildman–Crippen MR) is 103 cm³/mol. The Labute approximate surface area is 145 Å². The van der Waals surface area contributed by atoms with Crippen LogP contribution in [0.4, 0.5) is 0 Å². The Morgan fingerprint density at radius 3 is 1.96 bits per heavy atom. The highest BCUT2D eigenvalue weighted by molar-refractivity contribution is 6.08. The molecule has 0 amide bonds. The van der Waals surface area contributed by atoms with E-state index in [-0.39, 0.29) is 11.5 Å². The van der Waals surface area contributed by atoms with E-state index < -0.39 is 0 Å². The number of fused-ring (bicyclic) bond motifs is 2. The fourth-order valence-electron chi connectivity index (χ4n) is 2.99. The smallest absolute Gasteiger partial charge is 0.189 e. The minimum absolute atomic E-state index is 0.0242. The van der Waals surface area contributed by atoms with Gasteiger partial charge in [0.15, 0.2) is 5.78 Å². The van der Waals surface area contributed by atoms with Crippen LogP contribution in [0.25, 0.3) is 27.3 Å². The van der Waals surface area contributed by atoms with Crippen molar-refractivity contribution in [3.8, 4) is 0 Å². The summed E-state index contributed by atoms with van der Waals surface area (Å²) in [5.41, 5.74) is 1.19. The molecular formula is C23H16O2. The van der Waals surface area contributed by atoms with E-state index in [2.05, 4.69) is 24.3 Å². The molecule has 0 aliphatic carbocycles. The Hall–Kier alpha value is -3.39. The monoisotopic (exact) mass is 324 g/mol. The molecule has 0 bridgehead atoms. The van der Waals surface area contributed by atoms with Crippen LogP contribution in [0.2, 0.25) is 0 Å². The first-order valence-electron chi connectivity index (χ1n) is 8.14. The lowest BCUT2D eigenvalue weighted by Gasteiger charge is -2.06. The molecule has 0 heterocycles. The number of hydrogen-bond acceptors (Lipinski definition) is 2. The van der Waals surface area contributed by atoms with Gasteiger partial charge in [0.05, 0.1) is 0 Å². The lowest BCUT2D eigenvalue weighted by molar-refractivity contribution is 0.104. The van der Waals surface area contributed by atoms with Gasteiger partial charge in [-0.3, -0.25) is 4.79 Å². The number of carbonyl (C=O) groups excluding carboxylic acids is 1. The molecule has 0 atom stereocenters. The van der Waals surface area contributed by atoms with Crippen molar-refractivity contribution in [1.82, 2.24) is 0 Å². The second-order valence-corrected chi connectivity index (χ2v) is 6.02. The largest absolute Gasteiger partial charge is 0.507 e. The molecular weight excluding hydrogens is 308 g/mol. The van der Waals surface area contributed by atoms with E-state index in [0.29, 0.717) is 11.1 Å². The number of hydrogen-bond donors (Lipinski definition) is 1. The van der Waals surface area contributed by atoms with Gasteiger partial charge >= 0.3 is 0 Å². The van der Waals surface area contributed by atoms with E-state index in [9.17, 15) is 9.90 Å². The zero-order valence-electron chi connectivity index (χ0n) is 13.5. The fraction of sp³-hybridized carbons (Fsp3) is 0. The second kappa shape index (κ2) is 6.25. The minimum Gasteiger partial charge on any atom is -0.507 e. The molecule has 0 aliphatic rings. The summed E-state index contributed by atoms with van der Waals surface area (Å²) in [4.78, 5) is 12.2. The zero-order chi connectivity index (χ0) is 17.2. The highest BCUT2D eigenvalue weighted by Gasteiger charge is 2.07. The molecule has 2 nitrogen and oxygen atoms in total. The first-order valence-corrected chi connectivity index (χ1v) is 8.14. The molecule has 1 N–H and O–H groups in total. The first kappa shape index (κ1) is 15.2. The van der Waals surface area contributed by atoms with Crippen molar-refractivity contribution in [2.24, 2.45) is 0 Å². The number of carbonyl (C=O) groups is 1. The van der Waals surface area contributed by atoms with E-state index in [0.717, 1.165) is 16.2 Å². The number of allylic oxidation sites excluding steroid dienone is 1. The van der Waals surface area contributed by atoms with Crippen molar-refractivity contribution in [3.63, 3.8) is 0 Å². The highest BCUT2D eigenvalue weighted by atomic mass is 16.3. The summed E-state index contributed by atoms with van der Waals surface area (Å²) in [6, 6.07) is 27.0. The molecule has 0 spiro atoms. The lowest BCUT2D eigenvalue weighted by atomic mass is 10.0. The maximum Gasteiger partial charge on any atom is 0.189 e. The van der Waals surface area contributed by atoms with Crippen LogP contribution in [0.15, 0.2) is 91.0 Å². The van der Waals surface area contributed by atoms with E-state index in [1.165, 1.54) is 11.5 Å². The molecule has 120 valence electrons. The molecule has 0 aromatic heterocycles. The molecule has 0 radical (unpaired) electrons. The Morgan fingerprint density at radius 1 is 0.640 bits per heavy atom. The maximum atomic E-state index is 12.2. The van der Waals surface area contributed by atoms with E-state index in [1.807, 2.05) is 36.4 Å². The van der Waals surface area contributed by atoms with Gasteiger partial charge in [-0.2, -0.15) is 0 Å². The van der Waals surface area contributed by atoms with Crippen molar-refractivity contribution < 1.29 is 9.90 Å². The summed E-state index contributed by atoms with van der Waals surface area (Å²) in [6.45, 7) is 0. The van der Waals surface area contributed by atoms with Crippen LogP contribution in [-0.4, -0.2) is 10.9 Å². The van der Waals surface area contributed by atoms with Crippen LogP contribution >= 0.6 is 0 Å². The molecule has 4 aromatic rings. The van der Waals surface area contributed by atoms with Crippen LogP contribution < -0.4 is 0 Å². The van der Waals surface area contributed by atoms with Gasteiger partial charge < -0.3 is 5.11 Å². The van der Waals surface area contributed by atoms with Crippen LogP contribution in [0.3, 0.4) is 0 Å². The number of aliphatic hydroxyl groups is 1. The van der Waals surface area contributed by atoms with Crippen molar-refractivity contribution in [2.45, 2.75) is 0 Å². The molecule has 0 aliphatic heterocycles. The average molecular weight is 324 g/mol. The second-order valence-electron chi connectivity index (χ2n) is 6.02. The normalized spacial score (nSPS) is 11.8. The van der Waals surface area contributed by atoms with Crippen LogP contribution in [-0.2, 0) is 0 Å². The molecule has 25 heavy (non-hydrogen) atoms. The number of ketones is 1. The van der Waals surface area contributed by atoms with Gasteiger partial charge in [-0.05, 0) is 39.7 Å². The van der Waals surface area contributed by atoms with Crippen molar-refractivity contribution in [1.29, 1.82) is 0 Å². The van der Waals surface area contributed by atoms with Crippen LogP contribution in [0.5, 0.6) is 0 Å². The van der Waals surface area contributed by atoms with E-state index >= 15 is 0 Å². The Morgan fingerprint density at radius 2 is 1.24 bits per heavy atom. The fourth-order valence-corrected chi connectivity index (χ4v) is 2.99. The van der Waals surface area contributed by atoms with E-state index in [1.54, 1.807) is 24.3 Å². The zero-order valence-corrected chi connectivity index (χ0v) is 13.5. The van der Waals surface area contributed by atoms with Crippen LogP contribution in [0.1, 0.15) is 15.9 Å². The maximum absolute atomic E-state index is 12.2. The molecule has 0 saturated heterocycles. The summed E-state index contributed by atoms with van der Waals surface area (Å²) < 4.78 is 0. The van der Waals surface area contributed by atoms with Gasteiger partial charge in [0, 0.05) is 17.2 Å². The highest BCUT2D eigenvalue weighted by Crippen LogP contribution is 2.25. The quantitative estimate of drug-likeness (QED) is 0.225. The summed E-state index contributed by atoms with van der Waals surface area (Å²) in [7, 11) is 0. The number of rotatable bonds is 3. The SMILES string of the molecule is O=C(/C=C(\O)c1ccc2cc3ccccc3cc2c1)c1ccccc1. The lowest BCUT2D eigenvalue weighted by Crippen LogP contribution is -1.96. The molecule has 4 aromatic carbocycles. The molecule has 0 saturated carbocycles. The third-order valence-electron chi connectivity index (χ3n) is 4.33. The molecule has 4 rings (SSSR count). The summed E-state index contributed by atoms with van der Waals surface area (Å²) in [5, 5.41) is 14.8. The third kappa shape index (κ3) is 3.02. The Bertz CT molecular complexity index is 1110. The Balaban J connectivity index is 1.74. The summed E-state index contributed by atoms with van der Waals surface area (Å²) >= 11 is 0. The van der Waals surface area contributed by atoms with Crippen molar-refractivity contribution >= 4 is 33.1 Å². The van der Waals surface area contributed by atoms with Gasteiger partial charge in [-0.1, -0.05) is 66.7 Å². The molecule has 0 unspecified atom stereocenters. The third-order valence-corrected chi connectivity index (χ3v) is 4.33. The predicted octanol–water partition coefficient (Wildman–Crippen LogP) is 5.77. The van der Waals surface area contributed by atoms with Gasteiger partial charge in [0.1, 0.15) is 5.76 Å². The van der Waals surface area contributed by atoms with E-state index in [4.69, 9.17) is 0 Å². The summed E-state index contributed by atoms with van der Waals surface area (Å²) in [6.07, 6.45) is 1.28. The topological polar surface area (TPSA) is 37.3 Å². The van der Waals surface area contributed by atoms with Gasteiger partial charge in [0.2, 0.25) is 0 Å². The first-order chi connectivity index (χ1) is 12.2. The van der Waals surface area contributed by atoms with Crippen LogP contribution in [0, 0.1) is 0 Å². The minimum atomic E-state index is -0.211.